The number of halogens is 1. The zero-order valence-electron chi connectivity index (χ0n) is 14.9. The highest BCUT2D eigenvalue weighted by Gasteiger charge is 2.15. The molecule has 0 aliphatic carbocycles. The summed E-state index contributed by atoms with van der Waals surface area (Å²) in [4.78, 5) is 11.1. The van der Waals surface area contributed by atoms with Gasteiger partial charge in [0.15, 0.2) is 21.4 Å². The van der Waals surface area contributed by atoms with E-state index in [1.54, 1.807) is 6.92 Å². The van der Waals surface area contributed by atoms with Crippen LogP contribution >= 0.6 is 0 Å². The zero-order chi connectivity index (χ0) is 20.2. The maximum atomic E-state index is 14.2. The maximum Gasteiger partial charge on any atom is 0.335 e. The second kappa shape index (κ2) is 8.36. The largest absolute Gasteiger partial charge is 0.488 e. The lowest BCUT2D eigenvalue weighted by Gasteiger charge is -2.16. The van der Waals surface area contributed by atoms with E-state index in [-0.39, 0.29) is 40.4 Å². The topological polar surface area (TPSA) is 99.1 Å². The second-order valence-electron chi connectivity index (χ2n) is 5.85. The van der Waals surface area contributed by atoms with Crippen LogP contribution in [0.25, 0.3) is 0 Å². The van der Waals surface area contributed by atoms with E-state index in [1.165, 1.54) is 31.4 Å². The third-order valence-corrected chi connectivity index (χ3v) is 4.54. The summed E-state index contributed by atoms with van der Waals surface area (Å²) in [6.07, 6.45) is 0.612. The summed E-state index contributed by atoms with van der Waals surface area (Å²) >= 11 is 0. The summed E-state index contributed by atoms with van der Waals surface area (Å²) in [6.45, 7) is 2.02. The van der Waals surface area contributed by atoms with Gasteiger partial charge in [-0.2, -0.15) is 0 Å². The molecule has 7 nitrogen and oxygen atoms in total. The smallest absolute Gasteiger partial charge is 0.335 e. The predicted molar refractivity (Wildman–Crippen MR) is 95.0 cm³/mol. The molecule has 0 amide bonds. The summed E-state index contributed by atoms with van der Waals surface area (Å²) in [5, 5.41) is 9.24. The SMILES string of the molecule is COCC(C)Oc1cc(Oc2ccc(S(C)(=O)=O)cc2F)cc(C(=O)O)c1. The molecular weight excluding hydrogens is 379 g/mol. The summed E-state index contributed by atoms with van der Waals surface area (Å²) in [7, 11) is -2.06. The fraction of sp³-hybridized carbons (Fsp3) is 0.278. The normalized spacial score (nSPS) is 12.4. The lowest BCUT2D eigenvalue weighted by molar-refractivity contribution is 0.0693. The van der Waals surface area contributed by atoms with Crippen LogP contribution in [0.15, 0.2) is 41.3 Å². The van der Waals surface area contributed by atoms with Gasteiger partial charge >= 0.3 is 5.97 Å². The molecule has 0 aliphatic heterocycles. The molecular formula is C18H19FO7S. The minimum atomic E-state index is -3.56. The predicted octanol–water partition coefficient (Wildman–Crippen LogP) is 3.13. The number of ether oxygens (including phenoxy) is 3. The summed E-state index contributed by atoms with van der Waals surface area (Å²) in [6, 6.07) is 7.12. The molecule has 0 saturated carbocycles. The fourth-order valence-corrected chi connectivity index (χ4v) is 2.88. The van der Waals surface area contributed by atoms with E-state index in [9.17, 15) is 22.7 Å². The maximum absolute atomic E-state index is 14.2. The Hall–Kier alpha value is -2.65. The van der Waals surface area contributed by atoms with Gasteiger partial charge in [0, 0.05) is 19.4 Å². The van der Waals surface area contributed by atoms with Crippen LogP contribution in [0.3, 0.4) is 0 Å². The van der Waals surface area contributed by atoms with Gasteiger partial charge < -0.3 is 19.3 Å². The van der Waals surface area contributed by atoms with Gasteiger partial charge in [-0.1, -0.05) is 0 Å². The first-order chi connectivity index (χ1) is 12.6. The van der Waals surface area contributed by atoms with Gasteiger partial charge in [0.1, 0.15) is 17.6 Å². The molecule has 1 unspecified atom stereocenters. The van der Waals surface area contributed by atoms with Gasteiger partial charge in [0.2, 0.25) is 0 Å². The van der Waals surface area contributed by atoms with E-state index in [0.29, 0.717) is 0 Å². The number of methoxy groups -OCH3 is 1. The molecule has 0 aliphatic rings. The van der Waals surface area contributed by atoms with E-state index in [0.717, 1.165) is 18.4 Å². The van der Waals surface area contributed by atoms with Crippen molar-refractivity contribution in [1.29, 1.82) is 0 Å². The number of hydrogen-bond acceptors (Lipinski definition) is 6. The van der Waals surface area contributed by atoms with Crippen molar-refractivity contribution in [3.8, 4) is 17.2 Å². The Labute approximate surface area is 156 Å². The first-order valence-electron chi connectivity index (χ1n) is 7.81. The summed E-state index contributed by atoms with van der Waals surface area (Å²) in [5.74, 6) is -2.12. The van der Waals surface area contributed by atoms with Crippen molar-refractivity contribution in [2.45, 2.75) is 17.9 Å². The standard InChI is InChI=1S/C18H19FO7S/c1-11(10-24-2)25-13-6-12(18(20)21)7-14(8-13)26-17-5-4-15(9-16(17)19)27(3,22)23/h4-9,11H,10H2,1-3H3,(H,20,21). The molecule has 2 aromatic rings. The van der Waals surface area contributed by atoms with Crippen molar-refractivity contribution in [2.75, 3.05) is 20.0 Å². The fourth-order valence-electron chi connectivity index (χ4n) is 2.25. The van der Waals surface area contributed by atoms with Crippen LogP contribution in [0.4, 0.5) is 4.39 Å². The summed E-state index contributed by atoms with van der Waals surface area (Å²) in [5.41, 5.74) is -0.111. The Balaban J connectivity index is 2.35. The van der Waals surface area contributed by atoms with Crippen molar-refractivity contribution < 1.29 is 36.9 Å². The third kappa shape index (κ3) is 5.66. The van der Waals surface area contributed by atoms with Crippen molar-refractivity contribution in [2.24, 2.45) is 0 Å². The van der Waals surface area contributed by atoms with E-state index in [4.69, 9.17) is 14.2 Å². The van der Waals surface area contributed by atoms with E-state index < -0.39 is 21.6 Å². The van der Waals surface area contributed by atoms with Crippen LogP contribution in [0.5, 0.6) is 17.2 Å². The molecule has 0 heterocycles. The molecule has 9 heteroatoms. The second-order valence-corrected chi connectivity index (χ2v) is 7.86. The van der Waals surface area contributed by atoms with Gasteiger partial charge in [-0.15, -0.1) is 0 Å². The first kappa shape index (κ1) is 20.7. The average Bonchev–Trinajstić information content (AvgIpc) is 2.55. The summed E-state index contributed by atoms with van der Waals surface area (Å²) < 4.78 is 53.1. The van der Waals surface area contributed by atoms with Gasteiger partial charge in [-0.25, -0.2) is 17.6 Å². The minimum absolute atomic E-state index is 0.0283. The highest BCUT2D eigenvalue weighted by atomic mass is 32.2. The Morgan fingerprint density at radius 3 is 2.41 bits per heavy atom. The molecule has 0 radical (unpaired) electrons. The van der Waals surface area contributed by atoms with E-state index in [2.05, 4.69) is 0 Å². The van der Waals surface area contributed by atoms with Gasteiger partial charge in [-0.3, -0.25) is 0 Å². The molecule has 2 rings (SSSR count). The van der Waals surface area contributed by atoms with Gasteiger partial charge in [-0.05, 0) is 37.3 Å². The van der Waals surface area contributed by atoms with E-state index >= 15 is 0 Å². The first-order valence-corrected chi connectivity index (χ1v) is 9.70. The van der Waals surface area contributed by atoms with Gasteiger partial charge in [0.25, 0.3) is 0 Å². The molecule has 0 spiro atoms. The van der Waals surface area contributed by atoms with Crippen LogP contribution in [0, 0.1) is 5.82 Å². The van der Waals surface area contributed by atoms with Crippen LogP contribution in [0.1, 0.15) is 17.3 Å². The molecule has 0 bridgehead atoms. The monoisotopic (exact) mass is 398 g/mol. The Morgan fingerprint density at radius 2 is 1.85 bits per heavy atom. The molecule has 0 saturated heterocycles. The van der Waals surface area contributed by atoms with E-state index in [1.807, 2.05) is 0 Å². The molecule has 0 fully saturated rings. The highest BCUT2D eigenvalue weighted by Crippen LogP contribution is 2.30. The van der Waals surface area contributed by atoms with Crippen molar-refractivity contribution in [1.82, 2.24) is 0 Å². The number of sulfone groups is 1. The van der Waals surface area contributed by atoms with Crippen molar-refractivity contribution in [3.63, 3.8) is 0 Å². The molecule has 1 atom stereocenters. The molecule has 1 N–H and O–H groups in total. The van der Waals surface area contributed by atoms with Crippen LogP contribution in [-0.2, 0) is 14.6 Å². The van der Waals surface area contributed by atoms with Crippen LogP contribution < -0.4 is 9.47 Å². The average molecular weight is 398 g/mol. The number of rotatable bonds is 8. The molecule has 0 aromatic heterocycles. The number of benzene rings is 2. The highest BCUT2D eigenvalue weighted by molar-refractivity contribution is 7.90. The number of aromatic carboxylic acids is 1. The Morgan fingerprint density at radius 1 is 1.19 bits per heavy atom. The number of carbonyl (C=O) groups is 1. The number of carboxylic acid groups (broad SMARTS) is 1. The number of carboxylic acids is 1. The third-order valence-electron chi connectivity index (χ3n) is 3.42. The van der Waals surface area contributed by atoms with Crippen LogP contribution in [0.2, 0.25) is 0 Å². The molecule has 27 heavy (non-hydrogen) atoms. The Bertz CT molecular complexity index is 941. The molecule has 146 valence electrons. The van der Waals surface area contributed by atoms with Crippen molar-refractivity contribution in [3.05, 3.63) is 47.8 Å². The lowest BCUT2D eigenvalue weighted by atomic mass is 10.2. The van der Waals surface area contributed by atoms with Crippen molar-refractivity contribution >= 4 is 15.8 Å². The van der Waals surface area contributed by atoms with Crippen LogP contribution in [-0.4, -0.2) is 45.6 Å². The molecule has 2 aromatic carbocycles. The minimum Gasteiger partial charge on any atom is -0.488 e. The van der Waals surface area contributed by atoms with Gasteiger partial charge in [0.05, 0.1) is 17.1 Å². The lowest BCUT2D eigenvalue weighted by Crippen LogP contribution is -2.18. The quantitative estimate of drug-likeness (QED) is 0.729. The number of hydrogen-bond donors (Lipinski definition) is 1. The Kier molecular flexibility index (Phi) is 6.40. The zero-order valence-corrected chi connectivity index (χ0v) is 15.7.